The molecule has 132 valence electrons. The first-order valence-electron chi connectivity index (χ1n) is 7.47. The molecule has 0 saturated heterocycles. The molecule has 0 aliphatic heterocycles. The van der Waals surface area contributed by atoms with Gasteiger partial charge in [-0.15, -0.1) is 10.2 Å². The number of benzene rings is 2. The summed E-state index contributed by atoms with van der Waals surface area (Å²) in [7, 11) is 1.61. The average molecular weight is 406 g/mol. The third-order valence-corrected chi connectivity index (χ3v) is 4.94. The Bertz CT molecular complexity index is 938. The highest BCUT2D eigenvalue weighted by Crippen LogP contribution is 2.26. The molecule has 0 radical (unpaired) electrons. The predicted molar refractivity (Wildman–Crippen MR) is 106 cm³/mol. The summed E-state index contributed by atoms with van der Waals surface area (Å²) in [4.78, 5) is 12.3. The van der Waals surface area contributed by atoms with Crippen LogP contribution in [-0.4, -0.2) is 23.2 Å². The number of carbonyl (C=O) groups is 1. The first kappa shape index (κ1) is 18.4. The average Bonchev–Trinajstić information content (AvgIpc) is 3.15. The molecule has 1 heterocycles. The number of ether oxygens (including phenoxy) is 1. The van der Waals surface area contributed by atoms with E-state index in [1.165, 1.54) is 0 Å². The molecule has 1 aromatic heterocycles. The van der Waals surface area contributed by atoms with Crippen molar-refractivity contribution in [2.75, 3.05) is 12.4 Å². The van der Waals surface area contributed by atoms with Gasteiger partial charge in [-0.05, 0) is 48.0 Å². The summed E-state index contributed by atoms with van der Waals surface area (Å²) in [5.74, 6) is 0.403. The zero-order valence-electron chi connectivity index (χ0n) is 13.6. The van der Waals surface area contributed by atoms with Crippen LogP contribution in [0.2, 0.25) is 5.02 Å². The molecule has 0 spiro atoms. The Kier molecular flexibility index (Phi) is 5.88. The normalized spacial score (nSPS) is 11.3. The lowest BCUT2D eigenvalue weighted by atomic mass is 10.2. The molecule has 1 N–H and O–H groups in total. The van der Waals surface area contributed by atoms with E-state index in [2.05, 4.69) is 15.5 Å². The van der Waals surface area contributed by atoms with E-state index in [0.717, 1.165) is 22.6 Å². The number of carbonyl (C=O) groups excluding carboxylic acids is 1. The largest absolute Gasteiger partial charge is 0.497 e. The molecule has 2 aromatic carbocycles. The van der Waals surface area contributed by atoms with Gasteiger partial charge in [0.25, 0.3) is 5.91 Å². The second-order valence-corrected chi connectivity index (χ2v) is 6.96. The van der Waals surface area contributed by atoms with E-state index in [1.54, 1.807) is 37.5 Å². The van der Waals surface area contributed by atoms with Crippen molar-refractivity contribution in [3.05, 3.63) is 69.1 Å². The third kappa shape index (κ3) is 4.60. The monoisotopic (exact) mass is 405 g/mol. The Morgan fingerprint density at radius 2 is 1.73 bits per heavy atom. The first-order valence-corrected chi connectivity index (χ1v) is 9.04. The smallest absolute Gasteiger partial charge is 0.286 e. The quantitative estimate of drug-likeness (QED) is 0.634. The predicted octanol–water partition coefficient (Wildman–Crippen LogP) is 5.19. The molecule has 3 rings (SSSR count). The van der Waals surface area contributed by atoms with Crippen LogP contribution in [0.5, 0.6) is 5.75 Å². The van der Waals surface area contributed by atoms with Gasteiger partial charge in [0.15, 0.2) is 5.01 Å². The van der Waals surface area contributed by atoms with Crippen LogP contribution >= 0.6 is 34.5 Å². The molecule has 0 aliphatic rings. The highest BCUT2D eigenvalue weighted by atomic mass is 35.5. The van der Waals surface area contributed by atoms with Crippen LogP contribution < -0.4 is 10.1 Å². The zero-order valence-corrected chi connectivity index (χ0v) is 15.9. The Labute approximate surface area is 164 Å². The van der Waals surface area contributed by atoms with Gasteiger partial charge in [-0.3, -0.25) is 4.79 Å². The van der Waals surface area contributed by atoms with Gasteiger partial charge < -0.3 is 10.1 Å². The van der Waals surface area contributed by atoms with Gasteiger partial charge in [0.1, 0.15) is 5.75 Å². The molecule has 0 saturated carbocycles. The maximum Gasteiger partial charge on any atom is 0.286 e. The maximum atomic E-state index is 12.3. The molecule has 8 heteroatoms. The number of nitrogens with zero attached hydrogens (tertiary/aromatic N) is 2. The molecular formula is C18H13Cl2N3O2S. The summed E-state index contributed by atoms with van der Waals surface area (Å²) >= 11 is 13.2. The summed E-state index contributed by atoms with van der Waals surface area (Å²) < 4.78 is 5.12. The van der Waals surface area contributed by atoms with Gasteiger partial charge in [-0.2, -0.15) is 0 Å². The van der Waals surface area contributed by atoms with Crippen molar-refractivity contribution in [3.8, 4) is 5.75 Å². The van der Waals surface area contributed by atoms with Crippen LogP contribution in [0.1, 0.15) is 20.4 Å². The van der Waals surface area contributed by atoms with Crippen molar-refractivity contribution in [2.24, 2.45) is 0 Å². The molecule has 0 atom stereocenters. The van der Waals surface area contributed by atoms with E-state index in [9.17, 15) is 4.79 Å². The number of amides is 1. The number of anilines is 1. The third-order valence-electron chi connectivity index (χ3n) is 3.33. The fourth-order valence-electron chi connectivity index (χ4n) is 2.04. The van der Waals surface area contributed by atoms with Crippen LogP contribution in [-0.2, 0) is 0 Å². The first-order chi connectivity index (χ1) is 12.5. The fourth-order valence-corrected chi connectivity index (χ4v) is 3.09. The summed E-state index contributed by atoms with van der Waals surface area (Å²) in [5.41, 5.74) is 1.51. The van der Waals surface area contributed by atoms with Gasteiger partial charge in [0.05, 0.1) is 12.1 Å². The SMILES string of the molecule is COc1ccc(/C=C(\Cl)c2nnc(C(=O)Nc3ccc(Cl)cc3)s2)cc1. The zero-order chi connectivity index (χ0) is 18.5. The maximum absolute atomic E-state index is 12.3. The Hall–Kier alpha value is -2.41. The number of methoxy groups -OCH3 is 1. The minimum atomic E-state index is -0.356. The van der Waals surface area contributed by atoms with E-state index < -0.39 is 0 Å². The van der Waals surface area contributed by atoms with E-state index in [0.29, 0.717) is 20.7 Å². The van der Waals surface area contributed by atoms with E-state index >= 15 is 0 Å². The number of halogens is 2. The molecule has 0 unspecified atom stereocenters. The van der Waals surface area contributed by atoms with Crippen molar-refractivity contribution in [1.82, 2.24) is 10.2 Å². The Morgan fingerprint density at radius 3 is 2.38 bits per heavy atom. The summed E-state index contributed by atoms with van der Waals surface area (Å²) in [6.07, 6.45) is 1.75. The van der Waals surface area contributed by atoms with Crippen LogP contribution in [0.4, 0.5) is 5.69 Å². The van der Waals surface area contributed by atoms with Gasteiger partial charge in [-0.25, -0.2) is 0 Å². The van der Waals surface area contributed by atoms with Crippen molar-refractivity contribution in [3.63, 3.8) is 0 Å². The minimum Gasteiger partial charge on any atom is -0.497 e. The van der Waals surface area contributed by atoms with Crippen LogP contribution in [0.3, 0.4) is 0 Å². The van der Waals surface area contributed by atoms with Crippen molar-refractivity contribution in [1.29, 1.82) is 0 Å². The molecule has 0 bridgehead atoms. The number of rotatable bonds is 5. The lowest BCUT2D eigenvalue weighted by Crippen LogP contribution is -2.11. The number of nitrogens with one attached hydrogen (secondary N) is 1. The number of hydrogen-bond donors (Lipinski definition) is 1. The van der Waals surface area contributed by atoms with Gasteiger partial charge in [-0.1, -0.05) is 46.7 Å². The van der Waals surface area contributed by atoms with Gasteiger partial charge in [0.2, 0.25) is 5.01 Å². The van der Waals surface area contributed by atoms with Crippen LogP contribution in [0.15, 0.2) is 48.5 Å². The van der Waals surface area contributed by atoms with Gasteiger partial charge >= 0.3 is 0 Å². The van der Waals surface area contributed by atoms with Crippen molar-refractivity contribution >= 4 is 57.2 Å². The summed E-state index contributed by atoms with van der Waals surface area (Å²) in [6.45, 7) is 0. The second-order valence-electron chi connectivity index (χ2n) is 5.14. The Morgan fingerprint density at radius 1 is 1.08 bits per heavy atom. The molecule has 26 heavy (non-hydrogen) atoms. The highest BCUT2D eigenvalue weighted by molar-refractivity contribution is 7.15. The standard InChI is InChI=1S/C18H13Cl2N3O2S/c1-25-14-8-2-11(3-9-14)10-15(20)17-22-23-18(26-17)16(24)21-13-6-4-12(19)5-7-13/h2-10H,1H3,(H,21,24)/b15-10-. The number of hydrogen-bond acceptors (Lipinski definition) is 5. The lowest BCUT2D eigenvalue weighted by molar-refractivity contribution is 0.102. The van der Waals surface area contributed by atoms with Crippen LogP contribution in [0, 0.1) is 0 Å². The lowest BCUT2D eigenvalue weighted by Gasteiger charge is -2.01. The second kappa shape index (κ2) is 8.31. The van der Waals surface area contributed by atoms with Crippen molar-refractivity contribution < 1.29 is 9.53 Å². The minimum absolute atomic E-state index is 0.219. The van der Waals surface area contributed by atoms with E-state index in [1.807, 2.05) is 24.3 Å². The topological polar surface area (TPSA) is 64.1 Å². The van der Waals surface area contributed by atoms with E-state index in [-0.39, 0.29) is 10.9 Å². The van der Waals surface area contributed by atoms with Crippen molar-refractivity contribution in [2.45, 2.75) is 0 Å². The molecule has 5 nitrogen and oxygen atoms in total. The molecule has 0 fully saturated rings. The number of aromatic nitrogens is 2. The highest BCUT2D eigenvalue weighted by Gasteiger charge is 2.15. The molecule has 0 aliphatic carbocycles. The molecule has 1 amide bonds. The Balaban J connectivity index is 1.72. The summed E-state index contributed by atoms with van der Waals surface area (Å²) in [5, 5.41) is 12.3. The molecular weight excluding hydrogens is 393 g/mol. The van der Waals surface area contributed by atoms with Crippen LogP contribution in [0.25, 0.3) is 11.1 Å². The van der Waals surface area contributed by atoms with Gasteiger partial charge in [0, 0.05) is 10.7 Å². The fraction of sp³-hybridized carbons (Fsp3) is 0.0556. The summed E-state index contributed by atoms with van der Waals surface area (Å²) in [6, 6.07) is 14.2. The molecule has 3 aromatic rings. The van der Waals surface area contributed by atoms with E-state index in [4.69, 9.17) is 27.9 Å².